The van der Waals surface area contributed by atoms with Crippen LogP contribution >= 0.6 is 0 Å². The predicted molar refractivity (Wildman–Crippen MR) is 88.2 cm³/mol. The van der Waals surface area contributed by atoms with E-state index in [0.717, 1.165) is 11.1 Å². The number of carbonyl (C=O) groups is 2. The van der Waals surface area contributed by atoms with Crippen molar-refractivity contribution in [1.29, 1.82) is 0 Å². The van der Waals surface area contributed by atoms with Crippen LogP contribution in [0.25, 0.3) is 0 Å². The monoisotopic (exact) mass is 313 g/mol. The molecule has 0 aliphatic carbocycles. The summed E-state index contributed by atoms with van der Waals surface area (Å²) >= 11 is 0. The quantitative estimate of drug-likeness (QED) is 0.879. The highest BCUT2D eigenvalue weighted by molar-refractivity contribution is 6.05. The second-order valence-corrected chi connectivity index (χ2v) is 5.16. The highest BCUT2D eigenvalue weighted by Crippen LogP contribution is 2.22. The van der Waals surface area contributed by atoms with Gasteiger partial charge in [0.05, 0.1) is 19.8 Å². The first-order valence-corrected chi connectivity index (χ1v) is 7.11. The van der Waals surface area contributed by atoms with Crippen molar-refractivity contribution >= 4 is 17.6 Å². The minimum atomic E-state index is -0.447. The summed E-state index contributed by atoms with van der Waals surface area (Å²) < 4.78 is 9.93. The van der Waals surface area contributed by atoms with Gasteiger partial charge in [0.1, 0.15) is 5.75 Å². The average molecular weight is 313 g/mol. The minimum Gasteiger partial charge on any atom is -0.496 e. The molecule has 120 valence electrons. The van der Waals surface area contributed by atoms with Crippen molar-refractivity contribution in [2.75, 3.05) is 19.5 Å². The molecule has 2 aromatic rings. The fraction of sp³-hybridized carbons (Fsp3) is 0.222. The van der Waals surface area contributed by atoms with Gasteiger partial charge in [0, 0.05) is 11.3 Å². The van der Waals surface area contributed by atoms with Crippen LogP contribution in [0.15, 0.2) is 36.4 Å². The summed E-state index contributed by atoms with van der Waals surface area (Å²) in [5.41, 5.74) is 3.24. The molecule has 2 rings (SSSR count). The molecular weight excluding hydrogens is 294 g/mol. The van der Waals surface area contributed by atoms with E-state index in [4.69, 9.17) is 9.47 Å². The number of nitrogens with one attached hydrogen (secondary N) is 1. The number of methoxy groups -OCH3 is 2. The number of amides is 1. The molecule has 0 radical (unpaired) electrons. The molecule has 0 saturated carbocycles. The molecule has 0 spiro atoms. The topological polar surface area (TPSA) is 64.6 Å². The molecule has 0 heterocycles. The zero-order valence-corrected chi connectivity index (χ0v) is 13.6. The van der Waals surface area contributed by atoms with Crippen molar-refractivity contribution in [3.63, 3.8) is 0 Å². The van der Waals surface area contributed by atoms with Gasteiger partial charge < -0.3 is 14.8 Å². The number of hydrogen-bond donors (Lipinski definition) is 1. The van der Waals surface area contributed by atoms with Crippen LogP contribution in [0.5, 0.6) is 5.75 Å². The van der Waals surface area contributed by atoms with Crippen LogP contribution in [0.4, 0.5) is 5.69 Å². The summed E-state index contributed by atoms with van der Waals surface area (Å²) in [5.74, 6) is -0.0661. The summed E-state index contributed by atoms with van der Waals surface area (Å²) in [6.07, 6.45) is 0. The van der Waals surface area contributed by atoms with Crippen molar-refractivity contribution in [1.82, 2.24) is 0 Å². The van der Waals surface area contributed by atoms with Crippen LogP contribution in [-0.2, 0) is 4.74 Å². The lowest BCUT2D eigenvalue weighted by Crippen LogP contribution is -2.14. The number of carbonyl (C=O) groups excluding carboxylic acids is 2. The van der Waals surface area contributed by atoms with E-state index in [1.54, 1.807) is 37.4 Å². The van der Waals surface area contributed by atoms with E-state index >= 15 is 0 Å². The summed E-state index contributed by atoms with van der Waals surface area (Å²) in [5, 5.41) is 2.81. The van der Waals surface area contributed by atoms with Crippen LogP contribution in [0.1, 0.15) is 31.8 Å². The van der Waals surface area contributed by atoms with E-state index in [-0.39, 0.29) is 5.91 Å². The summed E-state index contributed by atoms with van der Waals surface area (Å²) in [7, 11) is 2.88. The van der Waals surface area contributed by atoms with E-state index in [1.807, 2.05) is 19.9 Å². The fourth-order valence-corrected chi connectivity index (χ4v) is 2.16. The molecule has 0 atom stereocenters. The molecular formula is C18H19NO4. The van der Waals surface area contributed by atoms with Gasteiger partial charge in [-0.1, -0.05) is 12.1 Å². The fourth-order valence-electron chi connectivity index (χ4n) is 2.16. The molecule has 0 fully saturated rings. The molecule has 0 aliphatic heterocycles. The predicted octanol–water partition coefficient (Wildman–Crippen LogP) is 3.35. The Kier molecular flexibility index (Phi) is 5.01. The van der Waals surface area contributed by atoms with Gasteiger partial charge in [-0.3, -0.25) is 4.79 Å². The maximum Gasteiger partial charge on any atom is 0.337 e. The van der Waals surface area contributed by atoms with Gasteiger partial charge in [-0.25, -0.2) is 4.79 Å². The van der Waals surface area contributed by atoms with Crippen molar-refractivity contribution in [2.45, 2.75) is 13.8 Å². The van der Waals surface area contributed by atoms with Gasteiger partial charge in [0.2, 0.25) is 0 Å². The number of benzene rings is 2. The molecule has 0 aliphatic rings. The number of anilines is 1. The smallest absolute Gasteiger partial charge is 0.337 e. The molecule has 1 amide bonds. The SMILES string of the molecule is COC(=O)c1ccc(C)c(NC(=O)c2ccc(C)c(OC)c2)c1. The van der Waals surface area contributed by atoms with Gasteiger partial charge in [-0.2, -0.15) is 0 Å². The van der Waals surface area contributed by atoms with Crippen LogP contribution in [0.3, 0.4) is 0 Å². The van der Waals surface area contributed by atoms with Gasteiger partial charge in [-0.05, 0) is 49.2 Å². The van der Waals surface area contributed by atoms with Crippen LogP contribution < -0.4 is 10.1 Å². The Balaban J connectivity index is 2.28. The van der Waals surface area contributed by atoms with Crippen LogP contribution in [0.2, 0.25) is 0 Å². The number of hydrogen-bond acceptors (Lipinski definition) is 4. The van der Waals surface area contributed by atoms with Gasteiger partial charge in [-0.15, -0.1) is 0 Å². The summed E-state index contributed by atoms with van der Waals surface area (Å²) in [6, 6.07) is 10.3. The first kappa shape index (κ1) is 16.5. The lowest BCUT2D eigenvalue weighted by atomic mass is 10.1. The third-order valence-electron chi connectivity index (χ3n) is 3.58. The Morgan fingerprint density at radius 2 is 1.57 bits per heavy atom. The molecule has 0 unspecified atom stereocenters. The van der Waals surface area contributed by atoms with Crippen molar-refractivity contribution < 1.29 is 19.1 Å². The standard InChI is InChI=1S/C18H19NO4/c1-11-5-8-14(18(21)23-4)9-15(11)19-17(20)13-7-6-12(2)16(10-13)22-3/h5-10H,1-4H3,(H,19,20). The Labute approximate surface area is 135 Å². The van der Waals surface area contributed by atoms with Gasteiger partial charge in [0.15, 0.2) is 0 Å². The maximum atomic E-state index is 12.4. The van der Waals surface area contributed by atoms with Crippen LogP contribution in [0, 0.1) is 13.8 Å². The lowest BCUT2D eigenvalue weighted by molar-refractivity contribution is 0.0600. The zero-order valence-electron chi connectivity index (χ0n) is 13.6. The number of rotatable bonds is 4. The molecule has 23 heavy (non-hydrogen) atoms. The molecule has 0 saturated heterocycles. The highest BCUT2D eigenvalue weighted by atomic mass is 16.5. The maximum absolute atomic E-state index is 12.4. The Bertz CT molecular complexity index is 753. The van der Waals surface area contributed by atoms with Crippen molar-refractivity contribution in [3.05, 3.63) is 58.7 Å². The normalized spacial score (nSPS) is 10.1. The molecule has 0 aromatic heterocycles. The van der Waals surface area contributed by atoms with E-state index in [1.165, 1.54) is 7.11 Å². The number of ether oxygens (including phenoxy) is 2. The zero-order chi connectivity index (χ0) is 17.0. The van der Waals surface area contributed by atoms with Crippen LogP contribution in [-0.4, -0.2) is 26.1 Å². The second-order valence-electron chi connectivity index (χ2n) is 5.16. The second kappa shape index (κ2) is 6.96. The van der Waals surface area contributed by atoms with E-state index < -0.39 is 5.97 Å². The van der Waals surface area contributed by atoms with Gasteiger partial charge in [0.25, 0.3) is 5.91 Å². The average Bonchev–Trinajstić information content (AvgIpc) is 2.56. The van der Waals surface area contributed by atoms with E-state index in [9.17, 15) is 9.59 Å². The largest absolute Gasteiger partial charge is 0.496 e. The van der Waals surface area contributed by atoms with E-state index in [2.05, 4.69) is 5.32 Å². The Hall–Kier alpha value is -2.82. The molecule has 1 N–H and O–H groups in total. The molecule has 5 heteroatoms. The van der Waals surface area contributed by atoms with Crippen molar-refractivity contribution in [3.8, 4) is 5.75 Å². The third-order valence-corrected chi connectivity index (χ3v) is 3.58. The van der Waals surface area contributed by atoms with Crippen molar-refractivity contribution in [2.24, 2.45) is 0 Å². The molecule has 2 aromatic carbocycles. The first-order chi connectivity index (χ1) is 11.0. The minimum absolute atomic E-state index is 0.270. The molecule has 5 nitrogen and oxygen atoms in total. The first-order valence-electron chi connectivity index (χ1n) is 7.11. The van der Waals surface area contributed by atoms with E-state index in [0.29, 0.717) is 22.6 Å². The Morgan fingerprint density at radius 1 is 0.913 bits per heavy atom. The third kappa shape index (κ3) is 3.69. The number of aryl methyl sites for hydroxylation is 2. The summed E-state index contributed by atoms with van der Waals surface area (Å²) in [6.45, 7) is 3.76. The number of esters is 1. The van der Waals surface area contributed by atoms with Gasteiger partial charge >= 0.3 is 5.97 Å². The summed E-state index contributed by atoms with van der Waals surface area (Å²) in [4.78, 5) is 24.0. The molecule has 0 bridgehead atoms. The lowest BCUT2D eigenvalue weighted by Gasteiger charge is -2.11. The highest BCUT2D eigenvalue weighted by Gasteiger charge is 2.13. The Morgan fingerprint density at radius 3 is 2.22 bits per heavy atom.